The molecule has 1 aliphatic rings. The number of benzene rings is 1. The van der Waals surface area contributed by atoms with Crippen LogP contribution in [0, 0.1) is 12.8 Å². The molecule has 0 spiro atoms. The van der Waals surface area contributed by atoms with Gasteiger partial charge in [0.1, 0.15) is 0 Å². The molecule has 3 nitrogen and oxygen atoms in total. The summed E-state index contributed by atoms with van der Waals surface area (Å²) in [4.78, 5) is 12.0. The Morgan fingerprint density at radius 2 is 2.11 bits per heavy atom. The number of anilines is 1. The lowest BCUT2D eigenvalue weighted by Crippen LogP contribution is -2.26. The average Bonchev–Trinajstić information content (AvgIpc) is 2.85. The van der Waals surface area contributed by atoms with Gasteiger partial charge in [-0.3, -0.25) is 4.79 Å². The monoisotopic (exact) mass is 246 g/mol. The molecule has 1 amide bonds. The summed E-state index contributed by atoms with van der Waals surface area (Å²) in [7, 11) is 0. The lowest BCUT2D eigenvalue weighted by atomic mass is 10.0. The number of carbonyl (C=O) groups excluding carboxylic acids is 1. The standard InChI is InChI=1S/C15H22N2O/c1-11-13(7-4-8-14(11)16)15(18)17-10-9-12-5-2-3-6-12/h4,7-8,12H,2-3,5-6,9-10,16H2,1H3,(H,17,18). The lowest BCUT2D eigenvalue weighted by Gasteiger charge is -2.11. The molecule has 0 atom stereocenters. The number of nitrogen functional groups attached to an aromatic ring is 1. The molecule has 0 saturated heterocycles. The van der Waals surface area contributed by atoms with E-state index in [1.807, 2.05) is 25.1 Å². The van der Waals surface area contributed by atoms with Crippen molar-refractivity contribution >= 4 is 11.6 Å². The minimum absolute atomic E-state index is 0.00204. The van der Waals surface area contributed by atoms with Crippen LogP contribution in [0.3, 0.4) is 0 Å². The molecule has 0 aromatic heterocycles. The Kier molecular flexibility index (Phi) is 4.24. The van der Waals surface area contributed by atoms with Crippen LogP contribution < -0.4 is 11.1 Å². The van der Waals surface area contributed by atoms with Gasteiger partial charge in [-0.15, -0.1) is 0 Å². The zero-order chi connectivity index (χ0) is 13.0. The Balaban J connectivity index is 1.85. The highest BCUT2D eigenvalue weighted by atomic mass is 16.1. The first-order valence-corrected chi connectivity index (χ1v) is 6.82. The van der Waals surface area contributed by atoms with Crippen molar-refractivity contribution in [3.63, 3.8) is 0 Å². The second kappa shape index (κ2) is 5.89. The van der Waals surface area contributed by atoms with Gasteiger partial charge in [-0.2, -0.15) is 0 Å². The van der Waals surface area contributed by atoms with E-state index < -0.39 is 0 Å². The average molecular weight is 246 g/mol. The molecule has 2 rings (SSSR count). The molecule has 0 bridgehead atoms. The molecule has 0 radical (unpaired) electrons. The second-order valence-corrected chi connectivity index (χ2v) is 5.21. The highest BCUT2D eigenvalue weighted by Crippen LogP contribution is 2.27. The van der Waals surface area contributed by atoms with Gasteiger partial charge in [-0.1, -0.05) is 31.7 Å². The number of nitrogens with one attached hydrogen (secondary N) is 1. The molecule has 0 unspecified atom stereocenters. The van der Waals surface area contributed by atoms with Crippen LogP contribution in [0.15, 0.2) is 18.2 Å². The topological polar surface area (TPSA) is 55.1 Å². The largest absolute Gasteiger partial charge is 0.398 e. The van der Waals surface area contributed by atoms with E-state index in [1.54, 1.807) is 0 Å². The van der Waals surface area contributed by atoms with Crippen LogP contribution in [0.1, 0.15) is 48.0 Å². The molecular formula is C15H22N2O. The minimum Gasteiger partial charge on any atom is -0.398 e. The summed E-state index contributed by atoms with van der Waals surface area (Å²) in [5, 5.41) is 3.00. The van der Waals surface area contributed by atoms with Crippen LogP contribution in [-0.4, -0.2) is 12.5 Å². The number of hydrogen-bond donors (Lipinski definition) is 2. The van der Waals surface area contributed by atoms with Crippen LogP contribution >= 0.6 is 0 Å². The number of carbonyl (C=O) groups is 1. The summed E-state index contributed by atoms with van der Waals surface area (Å²) in [6.45, 7) is 2.67. The van der Waals surface area contributed by atoms with E-state index in [0.717, 1.165) is 24.4 Å². The predicted octanol–water partition coefficient (Wildman–Crippen LogP) is 2.89. The predicted molar refractivity (Wildman–Crippen MR) is 74.5 cm³/mol. The van der Waals surface area contributed by atoms with Crippen LogP contribution in [0.2, 0.25) is 0 Å². The highest BCUT2D eigenvalue weighted by molar-refractivity contribution is 5.96. The fourth-order valence-corrected chi connectivity index (χ4v) is 2.68. The first-order chi connectivity index (χ1) is 8.68. The van der Waals surface area contributed by atoms with Gasteiger partial charge >= 0.3 is 0 Å². The van der Waals surface area contributed by atoms with Crippen molar-refractivity contribution in [1.82, 2.24) is 5.32 Å². The second-order valence-electron chi connectivity index (χ2n) is 5.21. The lowest BCUT2D eigenvalue weighted by molar-refractivity contribution is 0.0951. The summed E-state index contributed by atoms with van der Waals surface area (Å²) < 4.78 is 0. The molecule has 1 fully saturated rings. The number of rotatable bonds is 4. The molecular weight excluding hydrogens is 224 g/mol. The van der Waals surface area contributed by atoms with Crippen molar-refractivity contribution in [1.29, 1.82) is 0 Å². The van der Waals surface area contributed by atoms with E-state index in [2.05, 4.69) is 5.32 Å². The third-order valence-corrected chi connectivity index (χ3v) is 3.93. The zero-order valence-electron chi connectivity index (χ0n) is 11.0. The van der Waals surface area contributed by atoms with Crippen LogP contribution in [0.5, 0.6) is 0 Å². The minimum atomic E-state index is -0.00204. The van der Waals surface area contributed by atoms with E-state index in [9.17, 15) is 4.79 Å². The van der Waals surface area contributed by atoms with Gasteiger partial charge < -0.3 is 11.1 Å². The fraction of sp³-hybridized carbons (Fsp3) is 0.533. The summed E-state index contributed by atoms with van der Waals surface area (Å²) in [6, 6.07) is 5.48. The number of amides is 1. The highest BCUT2D eigenvalue weighted by Gasteiger charge is 2.15. The Labute approximate surface area is 109 Å². The van der Waals surface area contributed by atoms with Crippen molar-refractivity contribution < 1.29 is 4.79 Å². The van der Waals surface area contributed by atoms with Gasteiger partial charge in [0, 0.05) is 17.8 Å². The van der Waals surface area contributed by atoms with Gasteiger partial charge in [-0.05, 0) is 37.0 Å². The molecule has 1 aliphatic carbocycles. The fourth-order valence-electron chi connectivity index (χ4n) is 2.68. The first kappa shape index (κ1) is 12.9. The summed E-state index contributed by atoms with van der Waals surface area (Å²) >= 11 is 0. The van der Waals surface area contributed by atoms with E-state index >= 15 is 0 Å². The Bertz CT molecular complexity index is 423. The van der Waals surface area contributed by atoms with E-state index in [-0.39, 0.29) is 5.91 Å². The third-order valence-electron chi connectivity index (χ3n) is 3.93. The maximum atomic E-state index is 12.0. The van der Waals surface area contributed by atoms with Crippen molar-refractivity contribution in [2.45, 2.75) is 39.0 Å². The van der Waals surface area contributed by atoms with E-state index in [1.165, 1.54) is 25.7 Å². The Hall–Kier alpha value is -1.51. The van der Waals surface area contributed by atoms with Gasteiger partial charge in [0.25, 0.3) is 5.91 Å². The zero-order valence-corrected chi connectivity index (χ0v) is 11.0. The molecule has 3 N–H and O–H groups in total. The maximum absolute atomic E-state index is 12.0. The van der Waals surface area contributed by atoms with Crippen LogP contribution in [0.4, 0.5) is 5.69 Å². The Morgan fingerprint density at radius 3 is 2.83 bits per heavy atom. The summed E-state index contributed by atoms with van der Waals surface area (Å²) in [6.07, 6.45) is 6.47. The molecule has 1 aromatic carbocycles. The molecule has 1 saturated carbocycles. The quantitative estimate of drug-likeness (QED) is 0.803. The van der Waals surface area contributed by atoms with Crippen molar-refractivity contribution in [2.24, 2.45) is 5.92 Å². The third kappa shape index (κ3) is 3.03. The van der Waals surface area contributed by atoms with Crippen LogP contribution in [0.25, 0.3) is 0 Å². The van der Waals surface area contributed by atoms with Crippen LogP contribution in [-0.2, 0) is 0 Å². The Morgan fingerprint density at radius 1 is 1.39 bits per heavy atom. The first-order valence-electron chi connectivity index (χ1n) is 6.82. The van der Waals surface area contributed by atoms with E-state index in [4.69, 9.17) is 5.73 Å². The summed E-state index contributed by atoms with van der Waals surface area (Å²) in [5.41, 5.74) is 8.05. The molecule has 1 aromatic rings. The smallest absolute Gasteiger partial charge is 0.251 e. The number of nitrogens with two attached hydrogens (primary N) is 1. The van der Waals surface area contributed by atoms with Crippen molar-refractivity contribution in [3.8, 4) is 0 Å². The van der Waals surface area contributed by atoms with Gasteiger partial charge in [0.15, 0.2) is 0 Å². The van der Waals surface area contributed by atoms with Crippen molar-refractivity contribution in [3.05, 3.63) is 29.3 Å². The maximum Gasteiger partial charge on any atom is 0.251 e. The van der Waals surface area contributed by atoms with Gasteiger partial charge in [0.2, 0.25) is 0 Å². The molecule has 18 heavy (non-hydrogen) atoms. The van der Waals surface area contributed by atoms with Gasteiger partial charge in [0.05, 0.1) is 0 Å². The van der Waals surface area contributed by atoms with E-state index in [0.29, 0.717) is 11.3 Å². The van der Waals surface area contributed by atoms with Gasteiger partial charge in [-0.25, -0.2) is 0 Å². The summed E-state index contributed by atoms with van der Waals surface area (Å²) in [5.74, 6) is 0.810. The molecule has 98 valence electrons. The molecule has 0 aliphatic heterocycles. The normalized spacial score (nSPS) is 15.8. The SMILES string of the molecule is Cc1c(N)cccc1C(=O)NCCC1CCCC1. The molecule has 3 heteroatoms. The van der Waals surface area contributed by atoms with Crippen molar-refractivity contribution in [2.75, 3.05) is 12.3 Å². The molecule has 0 heterocycles. The number of hydrogen-bond acceptors (Lipinski definition) is 2.